The van der Waals surface area contributed by atoms with Gasteiger partial charge in [0.05, 0.1) is 0 Å². The SMILES string of the molecule is CCCCCCCN[SiH](C)C. The first-order valence-corrected chi connectivity index (χ1v) is 7.89. The third-order valence-corrected chi connectivity index (χ3v) is 2.94. The monoisotopic (exact) mass is 173 g/mol. The molecule has 0 fully saturated rings. The molecule has 0 bridgehead atoms. The van der Waals surface area contributed by atoms with Crippen molar-refractivity contribution in [2.75, 3.05) is 6.54 Å². The van der Waals surface area contributed by atoms with Crippen molar-refractivity contribution in [3.05, 3.63) is 0 Å². The van der Waals surface area contributed by atoms with Crippen LogP contribution < -0.4 is 4.98 Å². The Hall–Kier alpha value is 0.177. The summed E-state index contributed by atoms with van der Waals surface area (Å²) in [5, 5.41) is 0. The number of unbranched alkanes of at least 4 members (excludes halogenated alkanes) is 4. The third kappa shape index (κ3) is 10.2. The second-order valence-corrected chi connectivity index (χ2v) is 6.24. The second-order valence-electron chi connectivity index (χ2n) is 3.52. The van der Waals surface area contributed by atoms with Crippen molar-refractivity contribution in [2.24, 2.45) is 0 Å². The van der Waals surface area contributed by atoms with Gasteiger partial charge in [0.25, 0.3) is 0 Å². The summed E-state index contributed by atoms with van der Waals surface area (Å²) in [7, 11) is -0.479. The van der Waals surface area contributed by atoms with Crippen LogP contribution in [0.4, 0.5) is 0 Å². The predicted octanol–water partition coefficient (Wildman–Crippen LogP) is 2.53. The molecule has 0 aliphatic rings. The van der Waals surface area contributed by atoms with Crippen LogP contribution in [-0.2, 0) is 0 Å². The minimum absolute atomic E-state index is 0.479. The molecule has 0 unspecified atom stereocenters. The fraction of sp³-hybridized carbons (Fsp3) is 1.00. The number of rotatable bonds is 7. The predicted molar refractivity (Wildman–Crippen MR) is 55.6 cm³/mol. The average molecular weight is 173 g/mol. The highest BCUT2D eigenvalue weighted by molar-refractivity contribution is 6.52. The van der Waals surface area contributed by atoms with E-state index in [9.17, 15) is 0 Å². The first kappa shape index (κ1) is 11.2. The molecular formula is C9H23NSi. The van der Waals surface area contributed by atoms with Crippen LogP contribution in [0.15, 0.2) is 0 Å². The summed E-state index contributed by atoms with van der Waals surface area (Å²) in [6, 6.07) is 0. The first-order valence-electron chi connectivity index (χ1n) is 5.00. The summed E-state index contributed by atoms with van der Waals surface area (Å²) in [5.41, 5.74) is 0. The molecule has 0 aromatic rings. The van der Waals surface area contributed by atoms with E-state index in [2.05, 4.69) is 25.0 Å². The zero-order chi connectivity index (χ0) is 8.53. The lowest BCUT2D eigenvalue weighted by Crippen LogP contribution is -2.27. The molecule has 0 rings (SSSR count). The van der Waals surface area contributed by atoms with Crippen LogP contribution in [0.25, 0.3) is 0 Å². The number of hydrogen-bond donors (Lipinski definition) is 1. The molecule has 0 aromatic carbocycles. The lowest BCUT2D eigenvalue weighted by Gasteiger charge is -2.05. The number of hydrogen-bond acceptors (Lipinski definition) is 1. The van der Waals surface area contributed by atoms with Gasteiger partial charge < -0.3 is 4.98 Å². The highest BCUT2D eigenvalue weighted by Gasteiger charge is 1.92. The molecule has 0 aliphatic heterocycles. The van der Waals surface area contributed by atoms with Gasteiger partial charge in [0, 0.05) is 0 Å². The van der Waals surface area contributed by atoms with Gasteiger partial charge in [-0.05, 0) is 13.0 Å². The molecule has 0 aliphatic carbocycles. The van der Waals surface area contributed by atoms with Crippen LogP contribution in [0.2, 0.25) is 13.1 Å². The Bertz CT molecular complexity index is 74.0. The zero-order valence-corrected chi connectivity index (χ0v) is 9.47. The largest absolute Gasteiger partial charge is 0.340 e. The van der Waals surface area contributed by atoms with E-state index in [1.54, 1.807) is 0 Å². The van der Waals surface area contributed by atoms with Crippen LogP contribution in [0.1, 0.15) is 39.0 Å². The Balaban J connectivity index is 2.80. The second kappa shape index (κ2) is 8.28. The molecular weight excluding hydrogens is 150 g/mol. The van der Waals surface area contributed by atoms with Gasteiger partial charge in [-0.2, -0.15) is 0 Å². The van der Waals surface area contributed by atoms with E-state index in [0.29, 0.717) is 0 Å². The van der Waals surface area contributed by atoms with Crippen molar-refractivity contribution in [3.63, 3.8) is 0 Å². The molecule has 11 heavy (non-hydrogen) atoms. The van der Waals surface area contributed by atoms with Crippen molar-refractivity contribution in [2.45, 2.75) is 52.1 Å². The molecule has 0 amide bonds. The minimum Gasteiger partial charge on any atom is -0.340 e. The molecule has 0 heterocycles. The summed E-state index contributed by atoms with van der Waals surface area (Å²) in [6.07, 6.45) is 7.00. The van der Waals surface area contributed by atoms with Gasteiger partial charge in [-0.3, -0.25) is 0 Å². The van der Waals surface area contributed by atoms with E-state index in [0.717, 1.165) is 0 Å². The quantitative estimate of drug-likeness (QED) is 0.461. The van der Waals surface area contributed by atoms with E-state index in [1.165, 1.54) is 38.6 Å². The minimum atomic E-state index is -0.479. The molecule has 0 spiro atoms. The Kier molecular flexibility index (Phi) is 8.41. The van der Waals surface area contributed by atoms with Crippen molar-refractivity contribution in [3.8, 4) is 0 Å². The topological polar surface area (TPSA) is 12.0 Å². The normalized spacial score (nSPS) is 10.9. The summed E-state index contributed by atoms with van der Waals surface area (Å²) in [5.74, 6) is 0. The van der Waals surface area contributed by atoms with Crippen LogP contribution in [0.5, 0.6) is 0 Å². The third-order valence-electron chi connectivity index (χ3n) is 1.83. The van der Waals surface area contributed by atoms with Gasteiger partial charge in [0.2, 0.25) is 0 Å². The van der Waals surface area contributed by atoms with Gasteiger partial charge in [0.1, 0.15) is 8.96 Å². The van der Waals surface area contributed by atoms with E-state index < -0.39 is 8.96 Å². The van der Waals surface area contributed by atoms with Gasteiger partial charge >= 0.3 is 0 Å². The zero-order valence-electron chi connectivity index (χ0n) is 8.32. The van der Waals surface area contributed by atoms with Gasteiger partial charge in [-0.25, -0.2) is 0 Å². The van der Waals surface area contributed by atoms with E-state index >= 15 is 0 Å². The van der Waals surface area contributed by atoms with Crippen molar-refractivity contribution >= 4 is 8.96 Å². The van der Waals surface area contributed by atoms with Gasteiger partial charge in [-0.1, -0.05) is 45.7 Å². The van der Waals surface area contributed by atoms with Crippen LogP contribution in [0, 0.1) is 0 Å². The van der Waals surface area contributed by atoms with E-state index in [4.69, 9.17) is 0 Å². The molecule has 1 N–H and O–H groups in total. The fourth-order valence-electron chi connectivity index (χ4n) is 1.12. The summed E-state index contributed by atoms with van der Waals surface area (Å²) >= 11 is 0. The lowest BCUT2D eigenvalue weighted by atomic mass is 10.2. The Morgan fingerprint density at radius 2 is 1.64 bits per heavy atom. The average Bonchev–Trinajstić information content (AvgIpc) is 1.96. The fourth-order valence-corrected chi connectivity index (χ4v) is 1.90. The Labute approximate surface area is 73.3 Å². The molecule has 68 valence electrons. The molecule has 0 saturated carbocycles. The van der Waals surface area contributed by atoms with Crippen molar-refractivity contribution in [1.82, 2.24) is 4.98 Å². The Morgan fingerprint density at radius 3 is 2.18 bits per heavy atom. The Morgan fingerprint density at radius 1 is 1.00 bits per heavy atom. The molecule has 0 atom stereocenters. The maximum absolute atomic E-state index is 3.56. The van der Waals surface area contributed by atoms with Gasteiger partial charge in [0.15, 0.2) is 0 Å². The molecule has 1 nitrogen and oxygen atoms in total. The van der Waals surface area contributed by atoms with Crippen molar-refractivity contribution < 1.29 is 0 Å². The highest BCUT2D eigenvalue weighted by atomic mass is 28.3. The molecule has 0 aromatic heterocycles. The first-order chi connectivity index (χ1) is 5.27. The highest BCUT2D eigenvalue weighted by Crippen LogP contribution is 2.00. The molecule has 0 radical (unpaired) electrons. The van der Waals surface area contributed by atoms with Crippen LogP contribution in [0.3, 0.4) is 0 Å². The summed E-state index contributed by atoms with van der Waals surface area (Å²) in [4.78, 5) is 3.56. The molecule has 2 heteroatoms. The summed E-state index contributed by atoms with van der Waals surface area (Å²) < 4.78 is 0. The maximum Gasteiger partial charge on any atom is 0.102 e. The standard InChI is InChI=1S/C9H23NSi/c1-4-5-6-7-8-9-10-11(2)3/h10-11H,4-9H2,1-3H3. The van der Waals surface area contributed by atoms with E-state index in [-0.39, 0.29) is 0 Å². The van der Waals surface area contributed by atoms with Crippen molar-refractivity contribution in [1.29, 1.82) is 0 Å². The lowest BCUT2D eigenvalue weighted by molar-refractivity contribution is 0.626. The number of nitrogens with one attached hydrogen (secondary N) is 1. The van der Waals surface area contributed by atoms with Crippen LogP contribution in [-0.4, -0.2) is 15.5 Å². The van der Waals surface area contributed by atoms with Gasteiger partial charge in [-0.15, -0.1) is 0 Å². The summed E-state index contributed by atoms with van der Waals surface area (Å²) in [6.45, 7) is 8.20. The van der Waals surface area contributed by atoms with E-state index in [1.807, 2.05) is 0 Å². The smallest absolute Gasteiger partial charge is 0.102 e. The maximum atomic E-state index is 3.56. The molecule has 0 saturated heterocycles. The van der Waals surface area contributed by atoms with Crippen LogP contribution >= 0.6 is 0 Å².